The summed E-state index contributed by atoms with van der Waals surface area (Å²) in [6.07, 6.45) is 2.64. The second-order valence-corrected chi connectivity index (χ2v) is 6.85. The van der Waals surface area contributed by atoms with E-state index in [1.54, 1.807) is 21.6 Å². The van der Waals surface area contributed by atoms with Gasteiger partial charge in [0.2, 0.25) is 0 Å². The molecule has 5 aromatic rings. The maximum absolute atomic E-state index is 11.3. The Bertz CT molecular complexity index is 1340. The Morgan fingerprint density at radius 2 is 1.80 bits per heavy atom. The van der Waals surface area contributed by atoms with Gasteiger partial charge in [0.1, 0.15) is 34.6 Å². The number of benzene rings is 2. The number of fused-ring (bicyclic) bond motifs is 2. The molecule has 0 aliphatic heterocycles. The molecular formula is C21H18N6O3. The van der Waals surface area contributed by atoms with Crippen molar-refractivity contribution in [2.45, 2.75) is 19.5 Å². The maximum atomic E-state index is 11.3. The molecule has 150 valence electrons. The minimum Gasteiger partial charge on any atom is -0.493 e. The standard InChI is InChI=1S/C21H18N6O3/c28-21-9-7-15-6-8-17(12-20(15)30-21)29-11-3-10-26-13-16(22-25-26)14-27-23-18-4-1-2-5-19(18)24-27/h1-2,4-9,12-13H,3,10-11,14H2. The molecule has 0 radical (unpaired) electrons. The van der Waals surface area contributed by atoms with Crippen LogP contribution in [-0.4, -0.2) is 36.6 Å². The van der Waals surface area contributed by atoms with E-state index in [0.717, 1.165) is 28.5 Å². The summed E-state index contributed by atoms with van der Waals surface area (Å²) in [4.78, 5) is 13.0. The number of aromatic nitrogens is 6. The molecule has 30 heavy (non-hydrogen) atoms. The molecule has 0 atom stereocenters. The molecule has 2 aromatic carbocycles. The molecule has 0 N–H and O–H groups in total. The number of hydrogen-bond acceptors (Lipinski definition) is 7. The summed E-state index contributed by atoms with van der Waals surface area (Å²) >= 11 is 0. The van der Waals surface area contributed by atoms with Gasteiger partial charge in [0, 0.05) is 30.5 Å². The lowest BCUT2D eigenvalue weighted by Gasteiger charge is -2.06. The first-order chi connectivity index (χ1) is 14.7. The van der Waals surface area contributed by atoms with Gasteiger partial charge in [-0.05, 0) is 30.3 Å². The van der Waals surface area contributed by atoms with Crippen LogP contribution >= 0.6 is 0 Å². The highest BCUT2D eigenvalue weighted by Crippen LogP contribution is 2.19. The molecule has 3 heterocycles. The van der Waals surface area contributed by atoms with Crippen molar-refractivity contribution in [3.63, 3.8) is 0 Å². The quantitative estimate of drug-likeness (QED) is 0.305. The van der Waals surface area contributed by atoms with Gasteiger partial charge in [0.25, 0.3) is 0 Å². The van der Waals surface area contributed by atoms with E-state index in [0.29, 0.717) is 31.0 Å². The van der Waals surface area contributed by atoms with Crippen LogP contribution < -0.4 is 10.4 Å². The summed E-state index contributed by atoms with van der Waals surface area (Å²) < 4.78 is 12.7. The lowest BCUT2D eigenvalue weighted by atomic mass is 10.2. The largest absolute Gasteiger partial charge is 0.493 e. The fraction of sp³-hybridized carbons (Fsp3) is 0.190. The maximum Gasteiger partial charge on any atom is 0.336 e. The lowest BCUT2D eigenvalue weighted by molar-refractivity contribution is 0.298. The number of aryl methyl sites for hydroxylation is 1. The minimum absolute atomic E-state index is 0.375. The smallest absolute Gasteiger partial charge is 0.336 e. The van der Waals surface area contributed by atoms with Crippen molar-refractivity contribution < 1.29 is 9.15 Å². The highest BCUT2D eigenvalue weighted by molar-refractivity contribution is 5.77. The number of nitrogens with zero attached hydrogens (tertiary/aromatic N) is 6. The normalized spacial score (nSPS) is 11.3. The summed E-state index contributed by atoms with van der Waals surface area (Å²) in [5.41, 5.74) is 2.65. The molecule has 0 bridgehead atoms. The molecular weight excluding hydrogens is 384 g/mol. The Balaban J connectivity index is 1.15. The van der Waals surface area contributed by atoms with Gasteiger partial charge in [0.05, 0.1) is 12.8 Å². The van der Waals surface area contributed by atoms with Gasteiger partial charge in [-0.1, -0.05) is 17.3 Å². The van der Waals surface area contributed by atoms with E-state index in [2.05, 4.69) is 20.5 Å². The van der Waals surface area contributed by atoms with Crippen LogP contribution in [0.15, 0.2) is 70.0 Å². The first kappa shape index (κ1) is 18.0. The number of rotatable bonds is 7. The van der Waals surface area contributed by atoms with Gasteiger partial charge in [0.15, 0.2) is 0 Å². The Labute approximate surface area is 170 Å². The third-order valence-corrected chi connectivity index (χ3v) is 4.61. The highest BCUT2D eigenvalue weighted by atomic mass is 16.5. The van der Waals surface area contributed by atoms with Gasteiger partial charge in [-0.15, -0.1) is 5.10 Å². The zero-order chi connectivity index (χ0) is 20.3. The molecule has 0 unspecified atom stereocenters. The topological polar surface area (TPSA) is 101 Å². The van der Waals surface area contributed by atoms with Crippen molar-refractivity contribution in [2.24, 2.45) is 0 Å². The molecule has 0 aliphatic carbocycles. The first-order valence-corrected chi connectivity index (χ1v) is 9.58. The first-order valence-electron chi connectivity index (χ1n) is 9.58. The highest BCUT2D eigenvalue weighted by Gasteiger charge is 2.06. The van der Waals surface area contributed by atoms with Crippen LogP contribution in [0, 0.1) is 0 Å². The van der Waals surface area contributed by atoms with Crippen LogP contribution in [0.5, 0.6) is 5.75 Å². The minimum atomic E-state index is -0.375. The van der Waals surface area contributed by atoms with E-state index in [9.17, 15) is 4.79 Å². The molecule has 0 spiro atoms. The lowest BCUT2D eigenvalue weighted by Crippen LogP contribution is -2.05. The van der Waals surface area contributed by atoms with Gasteiger partial charge < -0.3 is 9.15 Å². The van der Waals surface area contributed by atoms with Crippen LogP contribution in [0.3, 0.4) is 0 Å². The summed E-state index contributed by atoms with van der Waals surface area (Å²) in [5.74, 6) is 0.660. The average molecular weight is 402 g/mol. The Kier molecular flexibility index (Phi) is 4.68. The van der Waals surface area contributed by atoms with Gasteiger partial charge in [-0.2, -0.15) is 15.0 Å². The van der Waals surface area contributed by atoms with Crippen LogP contribution in [0.4, 0.5) is 0 Å². The fourth-order valence-electron chi connectivity index (χ4n) is 3.19. The van der Waals surface area contributed by atoms with Crippen LogP contribution in [0.2, 0.25) is 0 Å². The Morgan fingerprint density at radius 1 is 1.00 bits per heavy atom. The van der Waals surface area contributed by atoms with Gasteiger partial charge in [-0.3, -0.25) is 4.68 Å². The van der Waals surface area contributed by atoms with E-state index in [4.69, 9.17) is 9.15 Å². The monoisotopic (exact) mass is 402 g/mol. The molecule has 9 nitrogen and oxygen atoms in total. The molecule has 9 heteroatoms. The SMILES string of the molecule is O=c1ccc2ccc(OCCCn3cc(Cn4nc5ccccc5n4)nn3)cc2o1. The molecule has 0 aliphatic rings. The molecule has 0 saturated carbocycles. The Morgan fingerprint density at radius 3 is 2.63 bits per heavy atom. The molecule has 3 aromatic heterocycles. The summed E-state index contributed by atoms with van der Waals surface area (Å²) in [6, 6.07) is 16.3. The number of hydrogen-bond donors (Lipinski definition) is 0. The zero-order valence-electron chi connectivity index (χ0n) is 16.0. The predicted molar refractivity (Wildman–Crippen MR) is 109 cm³/mol. The third kappa shape index (κ3) is 3.90. The van der Waals surface area contributed by atoms with E-state index in [-0.39, 0.29) is 5.63 Å². The molecule has 0 saturated heterocycles. The van der Waals surface area contributed by atoms with Crippen molar-refractivity contribution in [1.29, 1.82) is 0 Å². The van der Waals surface area contributed by atoms with Crippen LogP contribution in [0.25, 0.3) is 22.0 Å². The van der Waals surface area contributed by atoms with Crippen molar-refractivity contribution in [3.8, 4) is 5.75 Å². The summed E-state index contributed by atoms with van der Waals surface area (Å²) in [5, 5.41) is 18.1. The molecule has 5 rings (SSSR count). The van der Waals surface area contributed by atoms with E-state index in [1.165, 1.54) is 6.07 Å². The van der Waals surface area contributed by atoms with Crippen molar-refractivity contribution in [2.75, 3.05) is 6.61 Å². The number of ether oxygens (including phenoxy) is 1. The van der Waals surface area contributed by atoms with Crippen molar-refractivity contribution >= 4 is 22.0 Å². The van der Waals surface area contributed by atoms with Crippen LogP contribution in [-0.2, 0) is 13.1 Å². The summed E-state index contributed by atoms with van der Waals surface area (Å²) in [6.45, 7) is 1.64. The van der Waals surface area contributed by atoms with Crippen molar-refractivity contribution in [1.82, 2.24) is 30.0 Å². The molecule has 0 fully saturated rings. The zero-order valence-corrected chi connectivity index (χ0v) is 16.0. The third-order valence-electron chi connectivity index (χ3n) is 4.61. The molecule has 0 amide bonds. The summed E-state index contributed by atoms with van der Waals surface area (Å²) in [7, 11) is 0. The predicted octanol–water partition coefficient (Wildman–Crippen LogP) is 2.65. The fourth-order valence-corrected chi connectivity index (χ4v) is 3.19. The Hall–Kier alpha value is -4.01. The van der Waals surface area contributed by atoms with E-state index >= 15 is 0 Å². The van der Waals surface area contributed by atoms with Crippen LogP contribution in [0.1, 0.15) is 12.1 Å². The van der Waals surface area contributed by atoms with E-state index in [1.807, 2.05) is 42.6 Å². The van der Waals surface area contributed by atoms with Crippen molar-refractivity contribution in [3.05, 3.63) is 76.9 Å². The average Bonchev–Trinajstić information content (AvgIpc) is 3.37. The van der Waals surface area contributed by atoms with E-state index < -0.39 is 0 Å². The second kappa shape index (κ2) is 7.78. The second-order valence-electron chi connectivity index (χ2n) is 6.85. The van der Waals surface area contributed by atoms with Gasteiger partial charge >= 0.3 is 5.63 Å². The van der Waals surface area contributed by atoms with Gasteiger partial charge in [-0.25, -0.2) is 4.79 Å².